The van der Waals surface area contributed by atoms with Gasteiger partial charge in [-0.1, -0.05) is 55.4 Å². The third-order valence-electron chi connectivity index (χ3n) is 8.24. The van der Waals surface area contributed by atoms with Gasteiger partial charge in [-0.2, -0.15) is 0 Å². The Bertz CT molecular complexity index is 405. The van der Waals surface area contributed by atoms with Crippen molar-refractivity contribution in [1.82, 2.24) is 4.90 Å². The van der Waals surface area contributed by atoms with E-state index in [1.807, 2.05) is 0 Å². The fraction of sp³-hybridized carbons (Fsp3) is 1.00. The molecule has 0 spiro atoms. The van der Waals surface area contributed by atoms with Crippen LogP contribution in [0.4, 0.5) is 0 Å². The molecule has 3 unspecified atom stereocenters. The van der Waals surface area contributed by atoms with Crippen LogP contribution < -0.4 is 0 Å². The molecule has 0 N–H and O–H groups in total. The molecule has 0 amide bonds. The summed E-state index contributed by atoms with van der Waals surface area (Å²) in [5.41, 5.74) is 1.43. The first-order chi connectivity index (χ1) is 9.69. The van der Waals surface area contributed by atoms with E-state index in [4.69, 9.17) is 0 Å². The molecule has 3 atom stereocenters. The van der Waals surface area contributed by atoms with Crippen LogP contribution in [0.25, 0.3) is 0 Å². The van der Waals surface area contributed by atoms with Crippen molar-refractivity contribution in [3.63, 3.8) is 0 Å². The quantitative estimate of drug-likeness (QED) is 0.619. The van der Waals surface area contributed by atoms with Gasteiger partial charge in [0.1, 0.15) is 0 Å². The van der Waals surface area contributed by atoms with Crippen LogP contribution in [0.2, 0.25) is 0 Å². The van der Waals surface area contributed by atoms with E-state index in [1.165, 1.54) is 25.9 Å². The van der Waals surface area contributed by atoms with Gasteiger partial charge >= 0.3 is 0 Å². The number of nitrogens with zero attached hydrogens (tertiary/aromatic N) is 1. The molecule has 1 saturated carbocycles. The highest BCUT2D eigenvalue weighted by molar-refractivity contribution is 5.06. The van der Waals surface area contributed by atoms with Crippen LogP contribution in [0.3, 0.4) is 0 Å². The number of fused-ring (bicyclic) bond motifs is 3. The first-order valence-electron chi connectivity index (χ1n) is 9.44. The highest BCUT2D eigenvalue weighted by atomic mass is 15.2. The standard InChI is InChI=1S/C21H41N/c1-18(2,3)20(7,8)17-15-11-12-22(14-16(17)13-15)21(9,10)19(4,5)6/h15-17H,11-14H2,1-10H3. The van der Waals surface area contributed by atoms with E-state index in [-0.39, 0.29) is 5.54 Å². The molecule has 1 heteroatoms. The maximum Gasteiger partial charge on any atom is 0.0201 e. The van der Waals surface area contributed by atoms with Crippen molar-refractivity contribution in [2.75, 3.05) is 13.1 Å². The molecule has 130 valence electrons. The fourth-order valence-corrected chi connectivity index (χ4v) is 4.71. The Labute approximate surface area is 140 Å². The largest absolute Gasteiger partial charge is 0.297 e. The summed E-state index contributed by atoms with van der Waals surface area (Å²) in [6, 6.07) is 0. The maximum atomic E-state index is 2.82. The third kappa shape index (κ3) is 2.76. The predicted octanol–water partition coefficient (Wildman–Crippen LogP) is 5.84. The lowest BCUT2D eigenvalue weighted by Crippen LogP contribution is -2.56. The zero-order valence-corrected chi connectivity index (χ0v) is 17.0. The molecule has 3 fully saturated rings. The summed E-state index contributed by atoms with van der Waals surface area (Å²) in [4.78, 5) is 2.82. The molecule has 0 aromatic rings. The van der Waals surface area contributed by atoms with E-state index in [0.717, 1.165) is 17.8 Å². The first-order valence-corrected chi connectivity index (χ1v) is 9.44. The average molecular weight is 308 g/mol. The summed E-state index contributed by atoms with van der Waals surface area (Å²) in [5.74, 6) is 2.77. The van der Waals surface area contributed by atoms with E-state index >= 15 is 0 Å². The summed E-state index contributed by atoms with van der Waals surface area (Å²) < 4.78 is 0. The van der Waals surface area contributed by atoms with Crippen LogP contribution in [0.15, 0.2) is 0 Å². The van der Waals surface area contributed by atoms with Gasteiger partial charge in [0.05, 0.1) is 0 Å². The minimum atomic E-state index is 0.279. The van der Waals surface area contributed by atoms with Crippen molar-refractivity contribution in [2.45, 2.75) is 87.6 Å². The van der Waals surface area contributed by atoms with Gasteiger partial charge in [-0.15, -0.1) is 0 Å². The minimum absolute atomic E-state index is 0.279. The molecule has 2 aliphatic heterocycles. The minimum Gasteiger partial charge on any atom is -0.297 e. The van der Waals surface area contributed by atoms with Crippen molar-refractivity contribution in [2.24, 2.45) is 34.0 Å². The van der Waals surface area contributed by atoms with E-state index in [1.54, 1.807) is 0 Å². The van der Waals surface area contributed by atoms with Crippen LogP contribution in [0.1, 0.15) is 82.1 Å². The molecule has 0 aromatic carbocycles. The van der Waals surface area contributed by atoms with Crippen molar-refractivity contribution < 1.29 is 0 Å². The van der Waals surface area contributed by atoms with Crippen LogP contribution in [-0.2, 0) is 0 Å². The van der Waals surface area contributed by atoms with Gasteiger partial charge < -0.3 is 0 Å². The van der Waals surface area contributed by atoms with Crippen molar-refractivity contribution in [3.8, 4) is 0 Å². The van der Waals surface area contributed by atoms with Gasteiger partial charge in [0.2, 0.25) is 0 Å². The van der Waals surface area contributed by atoms with Gasteiger partial charge in [-0.05, 0) is 67.2 Å². The molecule has 0 radical (unpaired) electrons. The second-order valence-electron chi connectivity index (χ2n) is 11.3. The fourth-order valence-electron chi connectivity index (χ4n) is 4.71. The molecule has 2 bridgehead atoms. The van der Waals surface area contributed by atoms with Gasteiger partial charge in [0.15, 0.2) is 0 Å². The third-order valence-corrected chi connectivity index (χ3v) is 8.24. The molecule has 2 saturated heterocycles. The molecule has 3 rings (SSSR count). The highest BCUT2D eigenvalue weighted by Gasteiger charge is 2.55. The summed E-state index contributed by atoms with van der Waals surface area (Å²) in [6.07, 6.45) is 2.88. The van der Waals surface area contributed by atoms with Crippen LogP contribution in [-0.4, -0.2) is 23.5 Å². The Morgan fingerprint density at radius 2 is 1.27 bits per heavy atom. The van der Waals surface area contributed by atoms with Crippen molar-refractivity contribution >= 4 is 0 Å². The normalized spacial score (nSPS) is 31.6. The van der Waals surface area contributed by atoms with Crippen molar-refractivity contribution in [3.05, 3.63) is 0 Å². The molecule has 0 aromatic heterocycles. The molecule has 2 heterocycles. The van der Waals surface area contributed by atoms with Crippen LogP contribution in [0.5, 0.6) is 0 Å². The lowest BCUT2D eigenvalue weighted by Gasteiger charge is -2.57. The maximum absolute atomic E-state index is 2.82. The molecular weight excluding hydrogens is 266 g/mol. The Morgan fingerprint density at radius 3 is 1.73 bits per heavy atom. The van der Waals surface area contributed by atoms with Gasteiger partial charge in [-0.3, -0.25) is 4.90 Å². The summed E-state index contributed by atoms with van der Waals surface area (Å²) in [6.45, 7) is 27.1. The van der Waals surface area contributed by atoms with Gasteiger partial charge in [-0.25, -0.2) is 0 Å². The Hall–Kier alpha value is -0.0400. The Morgan fingerprint density at radius 1 is 0.727 bits per heavy atom. The van der Waals surface area contributed by atoms with E-state index in [9.17, 15) is 0 Å². The summed E-state index contributed by atoms with van der Waals surface area (Å²) in [7, 11) is 0. The molecular formula is C21H41N. The smallest absolute Gasteiger partial charge is 0.0201 e. The number of rotatable bonds is 2. The molecule has 3 aliphatic rings. The van der Waals surface area contributed by atoms with Crippen LogP contribution >= 0.6 is 0 Å². The van der Waals surface area contributed by atoms with Crippen LogP contribution in [0, 0.1) is 34.0 Å². The van der Waals surface area contributed by atoms with Crippen molar-refractivity contribution in [1.29, 1.82) is 0 Å². The van der Waals surface area contributed by atoms with E-state index in [0.29, 0.717) is 16.2 Å². The topological polar surface area (TPSA) is 3.24 Å². The lowest BCUT2D eigenvalue weighted by atomic mass is 9.48. The van der Waals surface area contributed by atoms with E-state index in [2.05, 4.69) is 74.1 Å². The Balaban J connectivity index is 2.20. The second kappa shape index (κ2) is 5.23. The highest BCUT2D eigenvalue weighted by Crippen LogP contribution is 2.60. The zero-order valence-electron chi connectivity index (χ0n) is 17.0. The molecule has 1 aliphatic carbocycles. The average Bonchev–Trinajstić information content (AvgIpc) is 2.56. The predicted molar refractivity (Wildman–Crippen MR) is 98.0 cm³/mol. The zero-order chi connectivity index (χ0) is 17.1. The number of hydrogen-bond donors (Lipinski definition) is 0. The van der Waals surface area contributed by atoms with E-state index < -0.39 is 0 Å². The second-order valence-corrected chi connectivity index (χ2v) is 11.3. The Kier molecular flexibility index (Phi) is 4.35. The summed E-state index contributed by atoms with van der Waals surface area (Å²) >= 11 is 0. The SMILES string of the molecule is CC(C)(C)C(C)(C)C1C2CCN(C(C)(C)C(C)(C)C)CC1C2. The number of hydrogen-bond acceptors (Lipinski definition) is 1. The molecule has 22 heavy (non-hydrogen) atoms. The molecule has 1 nitrogen and oxygen atoms in total. The van der Waals surface area contributed by atoms with Gasteiger partial charge in [0, 0.05) is 12.1 Å². The van der Waals surface area contributed by atoms with Gasteiger partial charge in [0.25, 0.3) is 0 Å². The monoisotopic (exact) mass is 307 g/mol. The lowest BCUT2D eigenvalue weighted by molar-refractivity contribution is -0.0869. The summed E-state index contributed by atoms with van der Waals surface area (Å²) in [5, 5.41) is 0. The first kappa shape index (κ1) is 18.3.